The van der Waals surface area contributed by atoms with Crippen LogP contribution in [-0.2, 0) is 5.41 Å². The number of aliphatic hydroxyl groups is 1. The lowest BCUT2D eigenvalue weighted by Crippen LogP contribution is -2.45. The quantitative estimate of drug-likeness (QED) is 0.361. The van der Waals surface area contributed by atoms with Gasteiger partial charge in [-0.2, -0.15) is 0 Å². The second-order valence-electron chi connectivity index (χ2n) is 7.44. The molecule has 0 radical (unpaired) electrons. The van der Waals surface area contributed by atoms with Crippen LogP contribution in [0.5, 0.6) is 0 Å². The summed E-state index contributed by atoms with van der Waals surface area (Å²) in [6, 6.07) is 9.15. The normalized spacial score (nSPS) is 25.0. The first-order chi connectivity index (χ1) is 11.6. The summed E-state index contributed by atoms with van der Waals surface area (Å²) in [5.74, 6) is 0.929. The third-order valence-electron chi connectivity index (χ3n) is 5.49. The van der Waals surface area contributed by atoms with E-state index in [4.69, 9.17) is 4.99 Å². The maximum Gasteiger partial charge on any atom is 0.191 e. The van der Waals surface area contributed by atoms with Gasteiger partial charge in [0.2, 0.25) is 0 Å². The minimum absolute atomic E-state index is 0. The van der Waals surface area contributed by atoms with Gasteiger partial charge in [-0.15, -0.1) is 24.0 Å². The van der Waals surface area contributed by atoms with Gasteiger partial charge in [0.1, 0.15) is 0 Å². The number of aryl methyl sites for hydroxylation is 1. The summed E-state index contributed by atoms with van der Waals surface area (Å²) in [6.45, 7) is 6.03. The molecule has 0 atom stereocenters. The summed E-state index contributed by atoms with van der Waals surface area (Å²) in [5, 5.41) is 16.6. The maximum absolute atomic E-state index is 9.66. The number of hydrogen-bond donors (Lipinski definition) is 3. The van der Waals surface area contributed by atoms with Crippen molar-refractivity contribution in [2.75, 3.05) is 13.1 Å². The summed E-state index contributed by atoms with van der Waals surface area (Å²) in [5.41, 5.74) is 3.09. The molecule has 4 nitrogen and oxygen atoms in total. The topological polar surface area (TPSA) is 56.7 Å². The molecule has 5 heteroatoms. The minimum Gasteiger partial charge on any atom is -0.393 e. The molecule has 25 heavy (non-hydrogen) atoms. The van der Waals surface area contributed by atoms with E-state index in [2.05, 4.69) is 48.7 Å². The molecule has 2 aliphatic carbocycles. The Labute approximate surface area is 168 Å². The molecule has 2 fully saturated rings. The fraction of sp³-hybridized carbons (Fsp3) is 0.650. The number of nitrogens with zero attached hydrogens (tertiary/aromatic N) is 1. The van der Waals surface area contributed by atoms with E-state index in [-0.39, 0.29) is 35.5 Å². The molecule has 0 bridgehead atoms. The summed E-state index contributed by atoms with van der Waals surface area (Å²) in [6.07, 6.45) is 6.18. The number of rotatable bonds is 5. The van der Waals surface area contributed by atoms with Gasteiger partial charge in [-0.1, -0.05) is 24.3 Å². The van der Waals surface area contributed by atoms with Gasteiger partial charge in [0.15, 0.2) is 5.96 Å². The lowest BCUT2D eigenvalue weighted by atomic mass is 9.92. The SMILES string of the molecule is CCNC(=NCC1(c2ccccc2C)CC1)NC1CCC(O)CC1.I. The number of benzene rings is 1. The highest BCUT2D eigenvalue weighted by Gasteiger charge is 2.44. The van der Waals surface area contributed by atoms with Crippen LogP contribution in [0, 0.1) is 6.92 Å². The van der Waals surface area contributed by atoms with Crippen molar-refractivity contribution < 1.29 is 5.11 Å². The molecule has 0 aliphatic heterocycles. The lowest BCUT2D eigenvalue weighted by Gasteiger charge is -2.28. The van der Waals surface area contributed by atoms with Gasteiger partial charge in [-0.25, -0.2) is 0 Å². The van der Waals surface area contributed by atoms with Crippen LogP contribution in [-0.4, -0.2) is 36.3 Å². The molecular weight excluding hydrogens is 425 g/mol. The molecule has 0 unspecified atom stereocenters. The van der Waals surface area contributed by atoms with Crippen molar-refractivity contribution in [2.45, 2.75) is 69.9 Å². The van der Waals surface area contributed by atoms with Crippen LogP contribution in [0.2, 0.25) is 0 Å². The van der Waals surface area contributed by atoms with Crippen molar-refractivity contribution in [2.24, 2.45) is 4.99 Å². The van der Waals surface area contributed by atoms with Crippen LogP contribution < -0.4 is 10.6 Å². The molecule has 3 rings (SSSR count). The Kier molecular flexibility index (Phi) is 7.55. The first kappa shape index (κ1) is 20.5. The summed E-state index contributed by atoms with van der Waals surface area (Å²) in [7, 11) is 0. The monoisotopic (exact) mass is 457 g/mol. The van der Waals surface area contributed by atoms with Crippen molar-refractivity contribution in [1.29, 1.82) is 0 Å². The molecule has 3 N–H and O–H groups in total. The van der Waals surface area contributed by atoms with Crippen molar-refractivity contribution in [3.8, 4) is 0 Å². The van der Waals surface area contributed by atoms with Crippen molar-refractivity contribution >= 4 is 29.9 Å². The fourth-order valence-corrected chi connectivity index (χ4v) is 3.80. The third-order valence-corrected chi connectivity index (χ3v) is 5.49. The minimum atomic E-state index is -0.113. The van der Waals surface area contributed by atoms with Gasteiger partial charge in [0.05, 0.1) is 12.6 Å². The number of aliphatic hydroxyl groups excluding tert-OH is 1. The van der Waals surface area contributed by atoms with Gasteiger partial charge in [0, 0.05) is 18.0 Å². The highest BCUT2D eigenvalue weighted by atomic mass is 127. The van der Waals surface area contributed by atoms with Crippen LogP contribution in [0.15, 0.2) is 29.3 Å². The van der Waals surface area contributed by atoms with Crippen molar-refractivity contribution in [3.63, 3.8) is 0 Å². The van der Waals surface area contributed by atoms with E-state index in [0.717, 1.165) is 44.7 Å². The first-order valence-corrected chi connectivity index (χ1v) is 9.42. The molecule has 2 saturated carbocycles. The fourth-order valence-electron chi connectivity index (χ4n) is 3.80. The molecule has 0 amide bonds. The Hall–Kier alpha value is -0.820. The average Bonchev–Trinajstić information content (AvgIpc) is 3.36. The van der Waals surface area contributed by atoms with Crippen molar-refractivity contribution in [3.05, 3.63) is 35.4 Å². The summed E-state index contributed by atoms with van der Waals surface area (Å²) in [4.78, 5) is 4.91. The largest absolute Gasteiger partial charge is 0.393 e. The second-order valence-corrected chi connectivity index (χ2v) is 7.44. The molecular formula is C20H32IN3O. The Morgan fingerprint density at radius 3 is 2.48 bits per heavy atom. The van der Waals surface area contributed by atoms with Crippen LogP contribution >= 0.6 is 24.0 Å². The average molecular weight is 457 g/mol. The zero-order valence-corrected chi connectivity index (χ0v) is 17.8. The molecule has 1 aromatic carbocycles. The number of nitrogens with one attached hydrogen (secondary N) is 2. The predicted molar refractivity (Wildman–Crippen MR) is 115 cm³/mol. The Morgan fingerprint density at radius 1 is 1.20 bits per heavy atom. The van der Waals surface area contributed by atoms with Gasteiger partial charge in [-0.3, -0.25) is 4.99 Å². The number of aliphatic imine (C=N–C) groups is 1. The van der Waals surface area contributed by atoms with Gasteiger partial charge in [0.25, 0.3) is 0 Å². The van der Waals surface area contributed by atoms with E-state index >= 15 is 0 Å². The number of hydrogen-bond acceptors (Lipinski definition) is 2. The molecule has 140 valence electrons. The zero-order chi connectivity index (χ0) is 17.0. The second kappa shape index (κ2) is 9.21. The van der Waals surface area contributed by atoms with E-state index in [9.17, 15) is 5.11 Å². The van der Waals surface area contributed by atoms with E-state index in [1.165, 1.54) is 24.0 Å². The molecule has 0 spiro atoms. The molecule has 1 aromatic rings. The van der Waals surface area contributed by atoms with E-state index in [0.29, 0.717) is 6.04 Å². The van der Waals surface area contributed by atoms with Crippen LogP contribution in [0.25, 0.3) is 0 Å². The third kappa shape index (κ3) is 5.33. The highest BCUT2D eigenvalue weighted by Crippen LogP contribution is 2.49. The first-order valence-electron chi connectivity index (χ1n) is 9.42. The van der Waals surface area contributed by atoms with Crippen LogP contribution in [0.3, 0.4) is 0 Å². The molecule has 0 aromatic heterocycles. The smallest absolute Gasteiger partial charge is 0.191 e. The van der Waals surface area contributed by atoms with Crippen LogP contribution in [0.4, 0.5) is 0 Å². The summed E-state index contributed by atoms with van der Waals surface area (Å²) < 4.78 is 0. The number of halogens is 1. The highest BCUT2D eigenvalue weighted by molar-refractivity contribution is 14.0. The molecule has 0 saturated heterocycles. The van der Waals surface area contributed by atoms with E-state index in [1.54, 1.807) is 0 Å². The van der Waals surface area contributed by atoms with Gasteiger partial charge < -0.3 is 15.7 Å². The summed E-state index contributed by atoms with van der Waals surface area (Å²) >= 11 is 0. The Morgan fingerprint density at radius 2 is 1.88 bits per heavy atom. The van der Waals surface area contributed by atoms with Crippen molar-refractivity contribution in [1.82, 2.24) is 10.6 Å². The van der Waals surface area contributed by atoms with Gasteiger partial charge in [-0.05, 0) is 63.5 Å². The van der Waals surface area contributed by atoms with Crippen LogP contribution in [0.1, 0.15) is 56.6 Å². The van der Waals surface area contributed by atoms with E-state index in [1.807, 2.05) is 0 Å². The maximum atomic E-state index is 9.66. The Balaban J connectivity index is 0.00000225. The number of guanidine groups is 1. The van der Waals surface area contributed by atoms with Gasteiger partial charge >= 0.3 is 0 Å². The lowest BCUT2D eigenvalue weighted by molar-refractivity contribution is 0.120. The Bertz CT molecular complexity index is 578. The predicted octanol–water partition coefficient (Wildman–Crippen LogP) is 3.50. The van der Waals surface area contributed by atoms with E-state index < -0.39 is 0 Å². The standard InChI is InChI=1S/C20H31N3O.HI/c1-3-21-19(23-16-8-10-17(24)11-9-16)22-14-20(12-13-20)18-7-5-4-6-15(18)2;/h4-7,16-17,24H,3,8-14H2,1-2H3,(H2,21,22,23);1H. The zero-order valence-electron chi connectivity index (χ0n) is 15.4. The molecule has 2 aliphatic rings. The molecule has 0 heterocycles.